The molecular weight excluding hydrogens is 752 g/mol. The van der Waals surface area contributed by atoms with Crippen LogP contribution in [0.15, 0.2) is 67.4 Å². The van der Waals surface area contributed by atoms with Gasteiger partial charge in [-0.1, -0.05) is 0 Å². The monoisotopic (exact) mass is 809 g/mol. The average Bonchev–Trinajstić information content (AvgIpc) is 3.18. The predicted molar refractivity (Wildman–Crippen MR) is 217 cm³/mol. The Labute approximate surface area is 331 Å². The number of carboxylic acid groups (broad SMARTS) is 1. The second kappa shape index (κ2) is 34.3. The third-order valence-corrected chi connectivity index (χ3v) is 5.82. The number of hydrogen-bond donors (Lipinski definition) is 5. The van der Waals surface area contributed by atoms with Crippen molar-refractivity contribution in [2.45, 2.75) is 6.41 Å². The van der Waals surface area contributed by atoms with Crippen molar-refractivity contribution < 1.29 is 48.2 Å². The van der Waals surface area contributed by atoms with Crippen LogP contribution < -0.4 is 22.3 Å². The van der Waals surface area contributed by atoms with E-state index in [2.05, 4.69) is 30.6 Å². The van der Waals surface area contributed by atoms with Gasteiger partial charge < -0.3 is 41.1 Å². The van der Waals surface area contributed by atoms with E-state index >= 15 is 0 Å². The number of carboxylic acids is 1. The molecule has 1 unspecified atom stereocenters. The van der Waals surface area contributed by atoms with Crippen molar-refractivity contribution >= 4 is 51.2 Å². The van der Waals surface area contributed by atoms with Gasteiger partial charge in [-0.05, 0) is 50.5 Å². The minimum atomic E-state index is -0.992. The maximum atomic E-state index is 11.8. The summed E-state index contributed by atoms with van der Waals surface area (Å²) >= 11 is 0. The van der Waals surface area contributed by atoms with Crippen LogP contribution >= 0.6 is 9.12 Å². The Morgan fingerprint density at radius 3 is 1.48 bits per heavy atom. The number of aromatic nitrogens is 3. The van der Waals surface area contributed by atoms with Crippen molar-refractivity contribution in [3.8, 4) is 0 Å². The number of pyridine rings is 3. The number of carbonyl (C=O) groups is 3. The Kier molecular flexibility index (Phi) is 33.8. The van der Waals surface area contributed by atoms with Crippen molar-refractivity contribution in [3.63, 3.8) is 0 Å². The van der Waals surface area contributed by atoms with Crippen molar-refractivity contribution in [2.24, 2.45) is 0 Å². The van der Waals surface area contributed by atoms with Crippen LogP contribution in [0, 0.1) is 0 Å². The fraction of sp³-hybridized carbons (Fsp3) is 0.394. The molecule has 0 spiro atoms. The zero-order valence-corrected chi connectivity index (χ0v) is 35.1. The van der Waals surface area contributed by atoms with E-state index in [9.17, 15) is 14.4 Å². The van der Waals surface area contributed by atoms with Crippen LogP contribution in [0.25, 0.3) is 0 Å². The van der Waals surface area contributed by atoms with Gasteiger partial charge in [0, 0.05) is 91.6 Å². The molecule has 3 heterocycles. The predicted octanol–water partition coefficient (Wildman–Crippen LogP) is 1.54. The quantitative estimate of drug-likeness (QED) is 0.0752. The summed E-state index contributed by atoms with van der Waals surface area (Å²) in [6, 6.07) is 9.07. The Bertz CT molecular complexity index is 1560. The molecule has 3 aromatic heterocycles. The molecule has 56 heavy (non-hydrogen) atoms. The molecule has 0 bridgehead atoms. The topological polar surface area (TPSA) is 262 Å². The summed E-state index contributed by atoms with van der Waals surface area (Å²) in [5, 5.41) is 13.7. The number of hydroxylamine groups is 5. The van der Waals surface area contributed by atoms with Crippen molar-refractivity contribution in [3.05, 3.63) is 84.1 Å². The zero-order chi connectivity index (χ0) is 43.6. The van der Waals surface area contributed by atoms with Gasteiger partial charge in [0.1, 0.15) is 17.5 Å². The number of rotatable bonds is 12. The fourth-order valence-electron chi connectivity index (χ4n) is 3.12. The molecule has 0 fully saturated rings. The number of nitrogens with two attached hydrogens (primary N) is 2. The van der Waals surface area contributed by atoms with Gasteiger partial charge in [-0.25, -0.2) is 35.4 Å². The van der Waals surface area contributed by atoms with Gasteiger partial charge in [0.25, 0.3) is 11.8 Å². The van der Waals surface area contributed by atoms with E-state index in [1.54, 1.807) is 66.0 Å². The van der Waals surface area contributed by atoms with Crippen LogP contribution in [0.5, 0.6) is 0 Å². The molecular formula is C33H57BN11O10P. The Morgan fingerprint density at radius 2 is 1.18 bits per heavy atom. The van der Waals surface area contributed by atoms with Crippen molar-refractivity contribution in [1.82, 2.24) is 40.4 Å². The van der Waals surface area contributed by atoms with Gasteiger partial charge in [-0.15, -0.1) is 0 Å². The number of anilines is 3. The summed E-state index contributed by atoms with van der Waals surface area (Å²) in [4.78, 5) is 62.7. The molecule has 0 saturated carbocycles. The van der Waals surface area contributed by atoms with E-state index in [1.165, 1.54) is 51.9 Å². The molecule has 312 valence electrons. The summed E-state index contributed by atoms with van der Waals surface area (Å²) in [6.45, 7) is 0.667. The molecule has 21 nitrogen and oxygen atoms in total. The first-order valence-corrected chi connectivity index (χ1v) is 16.5. The standard InChI is InChI=1S/C12H18N4O2.C8H11N3O2.C6H6N2O2.C5H13NO2.C2H7NO.BH2OP/c1-15(2)8-7-14-11-9-10(5-6-13-11)12(17)16(3)18-4;1-11(13-2)8(12)6-3-4-10-7(9)5-6;7-5-3-4(6(9)10)1-2-8-5;1-6(2)5(7-3)8-4;1-3-4-2;2-1-3/h5-9H,1-4H3,(H,13,14);3-5H,1-2H3,(H2,9,10);1-3H,(H2,7,8)(H,9,10);5H,1-4H3;3H,1-2H3;3H2/b8-7+;;;;;. The van der Waals surface area contributed by atoms with Crippen LogP contribution in [0.2, 0.25) is 0 Å². The van der Waals surface area contributed by atoms with Crippen LogP contribution in [-0.2, 0) is 28.7 Å². The number of aromatic carboxylic acids is 1. The first kappa shape index (κ1) is 55.2. The first-order chi connectivity index (χ1) is 26.4. The number of nitrogen functional groups attached to an aromatic ring is 2. The normalized spacial score (nSPS) is 9.55. The molecule has 2 amide bonds. The fourth-order valence-corrected chi connectivity index (χ4v) is 3.12. The number of ether oxygens (including phenoxy) is 2. The van der Waals surface area contributed by atoms with Gasteiger partial charge in [-0.2, -0.15) is 0 Å². The number of nitrogens with one attached hydrogen (secondary N) is 2. The summed E-state index contributed by atoms with van der Waals surface area (Å²) in [5.74, 6) is -0.330. The number of carbonyl (C=O) groups excluding carboxylic acids is 2. The first-order valence-electron chi connectivity index (χ1n) is 15.9. The van der Waals surface area contributed by atoms with E-state index in [0.29, 0.717) is 29.6 Å². The number of methoxy groups -OCH3 is 2. The molecule has 0 aliphatic heterocycles. The van der Waals surface area contributed by atoms with E-state index in [4.69, 9.17) is 40.4 Å². The van der Waals surface area contributed by atoms with Crippen molar-refractivity contribution in [2.75, 3.05) is 102 Å². The molecule has 0 saturated heterocycles. The van der Waals surface area contributed by atoms with Crippen LogP contribution in [0.1, 0.15) is 31.1 Å². The molecule has 0 aromatic carbocycles. The molecule has 7 N–H and O–H groups in total. The number of nitrogens with zero attached hydrogens (tertiary/aromatic N) is 7. The van der Waals surface area contributed by atoms with Gasteiger partial charge in [0.05, 0.1) is 26.9 Å². The van der Waals surface area contributed by atoms with Gasteiger partial charge in [0.15, 0.2) is 0 Å². The van der Waals surface area contributed by atoms with Crippen LogP contribution in [0.3, 0.4) is 0 Å². The molecule has 3 rings (SSSR count). The molecule has 1 atom stereocenters. The molecule has 23 heteroatoms. The summed E-state index contributed by atoms with van der Waals surface area (Å²) < 4.78 is 18.5. The van der Waals surface area contributed by atoms with E-state index < -0.39 is 5.97 Å². The van der Waals surface area contributed by atoms with E-state index in [-0.39, 0.29) is 29.6 Å². The third-order valence-electron chi connectivity index (χ3n) is 5.82. The Balaban J connectivity index is -0.000000654. The molecule has 3 aromatic rings. The maximum absolute atomic E-state index is 11.8. The molecule has 0 radical (unpaired) electrons. The third kappa shape index (κ3) is 27.4. The number of amides is 2. The summed E-state index contributed by atoms with van der Waals surface area (Å²) in [5.41, 5.74) is 14.2. The zero-order valence-electron chi connectivity index (χ0n) is 34.0. The Morgan fingerprint density at radius 1 is 0.786 bits per heavy atom. The second-order valence-corrected chi connectivity index (χ2v) is 10.6. The summed E-state index contributed by atoms with van der Waals surface area (Å²) in [7, 11) is 21.9. The summed E-state index contributed by atoms with van der Waals surface area (Å²) in [6.07, 6.45) is 7.79. The van der Waals surface area contributed by atoms with Crippen LogP contribution in [-0.4, -0.2) is 156 Å². The molecule has 0 aliphatic carbocycles. The Hall–Kier alpha value is -5.19. The van der Waals surface area contributed by atoms with Crippen LogP contribution in [0.4, 0.5) is 17.5 Å². The average molecular weight is 810 g/mol. The second-order valence-electron chi connectivity index (χ2n) is 10.4. The minimum absolute atomic E-state index is 0.160. The van der Waals surface area contributed by atoms with Gasteiger partial charge in [0.2, 0.25) is 6.41 Å². The van der Waals surface area contributed by atoms with E-state index in [0.717, 1.165) is 10.1 Å². The van der Waals surface area contributed by atoms with Gasteiger partial charge >= 0.3 is 26.7 Å². The van der Waals surface area contributed by atoms with Gasteiger partial charge in [-0.3, -0.25) is 24.2 Å². The SMILES string of the molecule is CNOC.COC(OC)N(C)C.CON(C)C(=O)c1ccnc(N)c1.CON(C)C(=O)c1ccnc(N/C=C/N(C)C)c1.Nc1cc(C(=O)O)ccn1.O=BP. The van der Waals surface area contributed by atoms with Crippen molar-refractivity contribution in [1.29, 1.82) is 0 Å². The number of hydrogen-bond acceptors (Lipinski definition) is 18. The van der Waals surface area contributed by atoms with E-state index in [1.807, 2.05) is 53.3 Å². The molecule has 0 aliphatic rings.